The second-order valence-electron chi connectivity index (χ2n) is 5.06. The van der Waals surface area contributed by atoms with E-state index in [-0.39, 0.29) is 0 Å². The zero-order valence-electron chi connectivity index (χ0n) is 11.6. The smallest absolute Gasteiger partial charge is 0.118 e. The van der Waals surface area contributed by atoms with Crippen molar-refractivity contribution in [2.75, 3.05) is 19.9 Å². The van der Waals surface area contributed by atoms with Crippen molar-refractivity contribution in [2.24, 2.45) is 0 Å². The number of benzene rings is 1. The minimum Gasteiger partial charge on any atom is -0.497 e. The molecule has 4 heteroatoms. The van der Waals surface area contributed by atoms with E-state index in [0.717, 1.165) is 16.6 Å². The summed E-state index contributed by atoms with van der Waals surface area (Å²) in [7, 11) is 1.65. The average Bonchev–Trinajstić information content (AvgIpc) is 2.93. The van der Waals surface area contributed by atoms with Gasteiger partial charge in [-0.1, -0.05) is 12.1 Å². The van der Waals surface area contributed by atoms with E-state index in [2.05, 4.69) is 11.6 Å². The summed E-state index contributed by atoms with van der Waals surface area (Å²) in [5, 5.41) is 14.4. The third kappa shape index (κ3) is 4.13. The molecule has 3 nitrogen and oxygen atoms in total. The molecule has 2 N–H and O–H groups in total. The Bertz CT molecular complexity index is 382. The van der Waals surface area contributed by atoms with Gasteiger partial charge in [-0.25, -0.2) is 0 Å². The van der Waals surface area contributed by atoms with Crippen molar-refractivity contribution in [3.63, 3.8) is 0 Å². The standard InChI is InChI=1S/C15H23NO2S/c1-18-13-6-3-11(4-7-13)15(17)10-16-12-5-8-14(9-12)19-2/h3-4,6-7,12,14-17H,5,8-10H2,1-2H3. The molecular formula is C15H23NO2S. The second kappa shape index (κ2) is 7.17. The minimum absolute atomic E-state index is 0.445. The molecular weight excluding hydrogens is 258 g/mol. The van der Waals surface area contributed by atoms with Crippen LogP contribution in [0.15, 0.2) is 24.3 Å². The molecule has 1 aromatic rings. The molecule has 0 aliphatic heterocycles. The minimum atomic E-state index is -0.445. The fourth-order valence-electron chi connectivity index (χ4n) is 2.56. The number of hydrogen-bond acceptors (Lipinski definition) is 4. The van der Waals surface area contributed by atoms with Crippen molar-refractivity contribution in [3.05, 3.63) is 29.8 Å². The summed E-state index contributed by atoms with van der Waals surface area (Å²) in [6.07, 6.45) is 5.47. The van der Waals surface area contributed by atoms with Crippen molar-refractivity contribution in [1.82, 2.24) is 5.32 Å². The largest absolute Gasteiger partial charge is 0.497 e. The van der Waals surface area contributed by atoms with Crippen LogP contribution >= 0.6 is 11.8 Å². The quantitative estimate of drug-likeness (QED) is 0.841. The van der Waals surface area contributed by atoms with Crippen LogP contribution in [0.3, 0.4) is 0 Å². The van der Waals surface area contributed by atoms with E-state index in [4.69, 9.17) is 4.74 Å². The second-order valence-corrected chi connectivity index (χ2v) is 6.20. The van der Waals surface area contributed by atoms with E-state index in [1.807, 2.05) is 36.0 Å². The number of aliphatic hydroxyl groups is 1. The van der Waals surface area contributed by atoms with Crippen LogP contribution in [-0.2, 0) is 0 Å². The van der Waals surface area contributed by atoms with E-state index < -0.39 is 6.10 Å². The molecule has 106 valence electrons. The maximum Gasteiger partial charge on any atom is 0.118 e. The van der Waals surface area contributed by atoms with Gasteiger partial charge in [0.1, 0.15) is 5.75 Å². The molecule has 0 amide bonds. The van der Waals surface area contributed by atoms with Crippen LogP contribution in [0.5, 0.6) is 5.75 Å². The number of hydrogen-bond donors (Lipinski definition) is 2. The third-order valence-electron chi connectivity index (χ3n) is 3.82. The summed E-state index contributed by atoms with van der Waals surface area (Å²) in [6, 6.07) is 8.18. The number of aliphatic hydroxyl groups excluding tert-OH is 1. The predicted molar refractivity (Wildman–Crippen MR) is 80.9 cm³/mol. The first kappa shape index (κ1) is 14.7. The Morgan fingerprint density at radius 2 is 2.11 bits per heavy atom. The lowest BCUT2D eigenvalue weighted by Gasteiger charge is -2.17. The molecule has 0 aromatic heterocycles. The fraction of sp³-hybridized carbons (Fsp3) is 0.600. The van der Waals surface area contributed by atoms with Crippen LogP contribution in [0.2, 0.25) is 0 Å². The summed E-state index contributed by atoms with van der Waals surface area (Å²) in [5.41, 5.74) is 0.938. The molecule has 0 saturated heterocycles. The Morgan fingerprint density at radius 1 is 1.37 bits per heavy atom. The zero-order chi connectivity index (χ0) is 13.7. The van der Waals surface area contributed by atoms with Crippen LogP contribution in [-0.4, -0.2) is 36.3 Å². The Hall–Kier alpha value is -0.710. The van der Waals surface area contributed by atoms with Gasteiger partial charge in [-0.2, -0.15) is 11.8 Å². The zero-order valence-corrected chi connectivity index (χ0v) is 12.5. The molecule has 0 heterocycles. The summed E-state index contributed by atoms with van der Waals surface area (Å²) >= 11 is 1.95. The van der Waals surface area contributed by atoms with Crippen LogP contribution in [0.4, 0.5) is 0 Å². The molecule has 1 aliphatic carbocycles. The van der Waals surface area contributed by atoms with Crippen molar-refractivity contribution >= 4 is 11.8 Å². The maximum absolute atomic E-state index is 10.2. The fourth-order valence-corrected chi connectivity index (χ4v) is 3.36. The highest BCUT2D eigenvalue weighted by molar-refractivity contribution is 7.99. The van der Waals surface area contributed by atoms with E-state index >= 15 is 0 Å². The Morgan fingerprint density at radius 3 is 2.68 bits per heavy atom. The molecule has 1 aromatic carbocycles. The molecule has 2 rings (SSSR count). The highest BCUT2D eigenvalue weighted by atomic mass is 32.2. The third-order valence-corrected chi connectivity index (χ3v) is 4.91. The van der Waals surface area contributed by atoms with E-state index in [0.29, 0.717) is 12.6 Å². The van der Waals surface area contributed by atoms with Crippen LogP contribution in [0, 0.1) is 0 Å². The van der Waals surface area contributed by atoms with E-state index in [1.165, 1.54) is 19.3 Å². The molecule has 0 spiro atoms. The van der Waals surface area contributed by atoms with Gasteiger partial charge in [-0.15, -0.1) is 0 Å². The first-order valence-electron chi connectivity index (χ1n) is 6.81. The molecule has 3 unspecified atom stereocenters. The van der Waals surface area contributed by atoms with Crippen LogP contribution in [0.1, 0.15) is 30.9 Å². The maximum atomic E-state index is 10.2. The topological polar surface area (TPSA) is 41.5 Å². The number of thioether (sulfide) groups is 1. The Balaban J connectivity index is 1.79. The Kier molecular flexibility index (Phi) is 5.55. The first-order chi connectivity index (χ1) is 9.22. The lowest BCUT2D eigenvalue weighted by molar-refractivity contribution is 0.170. The highest BCUT2D eigenvalue weighted by Gasteiger charge is 2.24. The molecule has 0 radical (unpaired) electrons. The van der Waals surface area contributed by atoms with Crippen molar-refractivity contribution in [1.29, 1.82) is 0 Å². The number of methoxy groups -OCH3 is 1. The molecule has 19 heavy (non-hydrogen) atoms. The van der Waals surface area contributed by atoms with Gasteiger partial charge in [0.25, 0.3) is 0 Å². The van der Waals surface area contributed by atoms with Crippen molar-refractivity contribution < 1.29 is 9.84 Å². The van der Waals surface area contributed by atoms with Crippen LogP contribution < -0.4 is 10.1 Å². The molecule has 1 saturated carbocycles. The van der Waals surface area contributed by atoms with Crippen molar-refractivity contribution in [3.8, 4) is 5.75 Å². The van der Waals surface area contributed by atoms with Crippen molar-refractivity contribution in [2.45, 2.75) is 36.7 Å². The van der Waals surface area contributed by atoms with Gasteiger partial charge in [0.15, 0.2) is 0 Å². The molecule has 1 aliphatic rings. The van der Waals surface area contributed by atoms with Crippen LogP contribution in [0.25, 0.3) is 0 Å². The summed E-state index contributed by atoms with van der Waals surface area (Å²) in [6.45, 7) is 0.623. The van der Waals surface area contributed by atoms with Gasteiger partial charge in [0.2, 0.25) is 0 Å². The summed E-state index contributed by atoms with van der Waals surface area (Å²) in [5.74, 6) is 0.822. The summed E-state index contributed by atoms with van der Waals surface area (Å²) in [4.78, 5) is 0. The number of rotatable bonds is 6. The molecule has 0 bridgehead atoms. The van der Waals surface area contributed by atoms with Gasteiger partial charge in [-0.05, 0) is 43.2 Å². The van der Waals surface area contributed by atoms with Gasteiger partial charge >= 0.3 is 0 Å². The monoisotopic (exact) mass is 281 g/mol. The van der Waals surface area contributed by atoms with E-state index in [1.54, 1.807) is 7.11 Å². The van der Waals surface area contributed by atoms with E-state index in [9.17, 15) is 5.11 Å². The van der Waals surface area contributed by atoms with Gasteiger partial charge < -0.3 is 15.2 Å². The highest BCUT2D eigenvalue weighted by Crippen LogP contribution is 2.28. The number of nitrogens with one attached hydrogen (secondary N) is 1. The lowest BCUT2D eigenvalue weighted by Crippen LogP contribution is -2.31. The normalized spacial score (nSPS) is 24.4. The first-order valence-corrected chi connectivity index (χ1v) is 8.10. The molecule has 1 fully saturated rings. The van der Waals surface area contributed by atoms with Gasteiger partial charge in [0, 0.05) is 17.8 Å². The number of ether oxygens (including phenoxy) is 1. The van der Waals surface area contributed by atoms with Gasteiger partial charge in [0.05, 0.1) is 13.2 Å². The SMILES string of the molecule is COc1ccc(C(O)CNC2CCC(SC)C2)cc1. The molecule has 3 atom stereocenters. The summed E-state index contributed by atoms with van der Waals surface area (Å²) < 4.78 is 5.11. The van der Waals surface area contributed by atoms with Gasteiger partial charge in [-0.3, -0.25) is 0 Å². The lowest BCUT2D eigenvalue weighted by atomic mass is 10.1. The average molecular weight is 281 g/mol. The Labute approximate surface area is 119 Å². The predicted octanol–water partition coefficient (Wildman–Crippen LogP) is 2.60.